The van der Waals surface area contributed by atoms with E-state index >= 15 is 0 Å². The number of hydrogen-bond donors (Lipinski definition) is 1. The predicted molar refractivity (Wildman–Crippen MR) is 33.6 cm³/mol. The summed E-state index contributed by atoms with van der Waals surface area (Å²) in [6.07, 6.45) is 0. The third-order valence-corrected chi connectivity index (χ3v) is 0. The lowest BCUT2D eigenvalue weighted by Gasteiger charge is -1.82. The van der Waals surface area contributed by atoms with E-state index in [-0.39, 0.29) is 0 Å². The Hall–Kier alpha value is 1.35. The topological polar surface area (TPSA) is 37.3 Å². The first-order valence-corrected chi connectivity index (χ1v) is 6.87. The van der Waals surface area contributed by atoms with Gasteiger partial charge in [0.2, 0.25) is 0 Å². The van der Waals surface area contributed by atoms with Gasteiger partial charge in [-0.2, -0.15) is 0 Å². The molecule has 0 aromatic rings. The Balaban J connectivity index is 3.47. The van der Waals surface area contributed by atoms with Crippen LogP contribution in [0, 0.1) is 0 Å². The van der Waals surface area contributed by atoms with Crippen LogP contribution < -0.4 is 0 Å². The van der Waals surface area contributed by atoms with Crippen molar-refractivity contribution in [3.05, 3.63) is 0 Å². The third-order valence-electron chi connectivity index (χ3n) is 0. The molecule has 0 aliphatic rings. The van der Waals surface area contributed by atoms with Gasteiger partial charge in [0.25, 0.3) is 4.70 Å². The SMILES string of the molecule is O=P(O)(P)I. The summed E-state index contributed by atoms with van der Waals surface area (Å²) in [5.74, 6) is 0. The van der Waals surface area contributed by atoms with E-state index in [0.717, 1.165) is 0 Å². The minimum Gasteiger partial charge on any atom is -0.335 e. The molecule has 0 aliphatic carbocycles. The summed E-state index contributed by atoms with van der Waals surface area (Å²) in [7, 11) is 1.81. The van der Waals surface area contributed by atoms with Crippen molar-refractivity contribution < 1.29 is 9.46 Å². The van der Waals surface area contributed by atoms with Crippen LogP contribution in [0.2, 0.25) is 0 Å². The zero-order chi connectivity index (χ0) is 4.50. The molecule has 2 unspecified atom stereocenters. The molecule has 0 saturated heterocycles. The number of rotatable bonds is 0. The van der Waals surface area contributed by atoms with Crippen molar-refractivity contribution in [3.63, 3.8) is 0 Å². The van der Waals surface area contributed by atoms with Crippen molar-refractivity contribution in [1.82, 2.24) is 0 Å². The number of hydrogen-bond acceptors (Lipinski definition) is 1. The summed E-state index contributed by atoms with van der Waals surface area (Å²) in [4.78, 5) is 8.03. The average molecular weight is 224 g/mol. The second-order valence-electron chi connectivity index (χ2n) is 0.545. The molecule has 0 radical (unpaired) electrons. The molecule has 5 heavy (non-hydrogen) atoms. The first kappa shape index (κ1) is 6.35. The molecule has 0 aromatic heterocycles. The van der Waals surface area contributed by atoms with E-state index in [0.29, 0.717) is 0 Å². The number of halogens is 1. The van der Waals surface area contributed by atoms with Gasteiger partial charge in [0.15, 0.2) is 0 Å². The van der Waals surface area contributed by atoms with E-state index in [9.17, 15) is 4.57 Å². The van der Waals surface area contributed by atoms with E-state index in [4.69, 9.17) is 4.89 Å². The maximum absolute atomic E-state index is 9.72. The van der Waals surface area contributed by atoms with Crippen LogP contribution in [-0.2, 0) is 4.57 Å². The monoisotopic (exact) mass is 224 g/mol. The van der Waals surface area contributed by atoms with Gasteiger partial charge in [-0.1, -0.05) is 0 Å². The molecule has 0 aliphatic heterocycles. The summed E-state index contributed by atoms with van der Waals surface area (Å²) in [6, 6.07) is 0. The summed E-state index contributed by atoms with van der Waals surface area (Å²) in [6.45, 7) is 0. The molecular formula is H3IO2P2. The molecule has 0 bridgehead atoms. The van der Waals surface area contributed by atoms with Crippen LogP contribution in [0.4, 0.5) is 0 Å². The molecule has 5 heteroatoms. The van der Waals surface area contributed by atoms with Crippen LogP contribution in [0.5, 0.6) is 0 Å². The molecule has 0 aromatic carbocycles. The van der Waals surface area contributed by atoms with Gasteiger partial charge in [0.1, 0.15) is 0 Å². The van der Waals surface area contributed by atoms with Crippen molar-refractivity contribution in [2.24, 2.45) is 0 Å². The maximum Gasteiger partial charge on any atom is 0.269 e. The highest BCUT2D eigenvalue weighted by Gasteiger charge is 1.95. The third kappa shape index (κ3) is 32.9. The predicted octanol–water partition coefficient (Wildman–Crippen LogP) is 1.40. The van der Waals surface area contributed by atoms with Gasteiger partial charge in [-0.3, -0.25) is 4.57 Å². The minimum atomic E-state index is -2.75. The summed E-state index contributed by atoms with van der Waals surface area (Å²) in [5.41, 5.74) is 0. The molecule has 0 rings (SSSR count). The highest BCUT2D eigenvalue weighted by Crippen LogP contribution is 2.57. The molecule has 0 spiro atoms. The Kier molecular flexibility index (Phi) is 2.38. The van der Waals surface area contributed by atoms with Crippen molar-refractivity contribution in [3.8, 4) is 0 Å². The van der Waals surface area contributed by atoms with E-state index in [1.165, 1.54) is 22.0 Å². The van der Waals surface area contributed by atoms with Crippen LogP contribution in [0.25, 0.3) is 0 Å². The smallest absolute Gasteiger partial charge is 0.269 e. The van der Waals surface area contributed by atoms with Gasteiger partial charge in [-0.15, -0.1) is 0 Å². The van der Waals surface area contributed by atoms with Crippen molar-refractivity contribution in [2.75, 3.05) is 0 Å². The molecule has 0 amide bonds. The van der Waals surface area contributed by atoms with Gasteiger partial charge >= 0.3 is 0 Å². The molecule has 1 N–H and O–H groups in total. The lowest BCUT2D eigenvalue weighted by atomic mass is 15.9. The van der Waals surface area contributed by atoms with E-state index in [1.54, 1.807) is 0 Å². The van der Waals surface area contributed by atoms with E-state index in [2.05, 4.69) is 0 Å². The fourth-order valence-electron chi connectivity index (χ4n) is 0. The fraction of sp³-hybridized carbons (Fsp3) is 0. The average Bonchev–Trinajstić information content (AvgIpc) is 0.722. The largest absolute Gasteiger partial charge is 0.335 e. The van der Waals surface area contributed by atoms with Crippen LogP contribution in [-0.4, -0.2) is 4.89 Å². The lowest BCUT2D eigenvalue weighted by Crippen LogP contribution is -1.36. The second kappa shape index (κ2) is 1.87. The van der Waals surface area contributed by atoms with Crippen LogP contribution in [0.15, 0.2) is 0 Å². The van der Waals surface area contributed by atoms with Crippen molar-refractivity contribution in [2.45, 2.75) is 0 Å². The standard InChI is InChI=1S/H3IO2P2/c1-5(2,3)4/h4H2,(H,2,3). The summed E-state index contributed by atoms with van der Waals surface area (Å²) in [5, 5.41) is 0. The van der Waals surface area contributed by atoms with Crippen LogP contribution in [0.1, 0.15) is 0 Å². The molecule has 2 nitrogen and oxygen atoms in total. The first-order chi connectivity index (χ1) is 2.00. The zero-order valence-corrected chi connectivity index (χ0v) is 6.46. The molecule has 0 saturated carbocycles. The Bertz CT molecular complexity index is 53.8. The molecule has 0 fully saturated rings. The Morgan fingerprint density at radius 3 is 2.00 bits per heavy atom. The molecule has 2 atom stereocenters. The molecule has 32 valence electrons. The maximum atomic E-state index is 9.72. The van der Waals surface area contributed by atoms with Gasteiger partial charge in [-0.05, 0) is 8.93 Å². The normalized spacial score (nSPS) is 21.4. The molecule has 0 heterocycles. The quantitative estimate of drug-likeness (QED) is 0.498. The Morgan fingerprint density at radius 2 is 2.00 bits per heavy atom. The van der Waals surface area contributed by atoms with E-state index in [1.807, 2.05) is 8.93 Å². The van der Waals surface area contributed by atoms with Gasteiger partial charge in [-0.25, -0.2) is 0 Å². The summed E-state index contributed by atoms with van der Waals surface area (Å²) >= 11 is 1.45. The fourth-order valence-corrected chi connectivity index (χ4v) is 0. The second-order valence-corrected chi connectivity index (χ2v) is 11.0. The van der Waals surface area contributed by atoms with Gasteiger partial charge in [0, 0.05) is 22.0 Å². The van der Waals surface area contributed by atoms with Crippen molar-refractivity contribution >= 4 is 35.7 Å². The summed E-state index contributed by atoms with van der Waals surface area (Å²) < 4.78 is 6.97. The molecular weight excluding hydrogens is 221 g/mol. The Morgan fingerprint density at radius 1 is 2.00 bits per heavy atom. The van der Waals surface area contributed by atoms with Gasteiger partial charge in [0.05, 0.1) is 0 Å². The minimum absolute atomic E-state index is 1.45. The lowest BCUT2D eigenvalue weighted by molar-refractivity contribution is 0.517. The first-order valence-electron chi connectivity index (χ1n) is 0.810. The van der Waals surface area contributed by atoms with Gasteiger partial charge < -0.3 is 4.89 Å². The zero-order valence-electron chi connectivity index (χ0n) is 2.26. The van der Waals surface area contributed by atoms with Crippen molar-refractivity contribution in [1.29, 1.82) is 0 Å². The highest BCUT2D eigenvalue weighted by molar-refractivity contribution is 14.2. The van der Waals surface area contributed by atoms with Crippen LogP contribution >= 0.6 is 35.7 Å². The van der Waals surface area contributed by atoms with E-state index < -0.39 is 4.70 Å². The van der Waals surface area contributed by atoms with Crippen LogP contribution in [0.3, 0.4) is 0 Å². The Labute approximate surface area is 45.4 Å². The highest BCUT2D eigenvalue weighted by atomic mass is 127.